The highest BCUT2D eigenvalue weighted by atomic mass is 16.4. The summed E-state index contributed by atoms with van der Waals surface area (Å²) >= 11 is 0. The molecule has 0 saturated carbocycles. The monoisotopic (exact) mass is 289 g/mol. The van der Waals surface area contributed by atoms with Gasteiger partial charge in [-0.2, -0.15) is 0 Å². The Bertz CT molecular complexity index is 507. The molecule has 5 nitrogen and oxygen atoms in total. The third kappa shape index (κ3) is 4.95. The van der Waals surface area contributed by atoms with Crippen molar-refractivity contribution in [3.05, 3.63) is 36.2 Å². The Hall–Kier alpha value is -1.72. The summed E-state index contributed by atoms with van der Waals surface area (Å²) in [6, 6.07) is 9.74. The average molecular weight is 289 g/mol. The van der Waals surface area contributed by atoms with Crippen LogP contribution in [0.3, 0.4) is 0 Å². The van der Waals surface area contributed by atoms with E-state index in [0.717, 1.165) is 31.4 Å². The molecule has 2 aromatic rings. The number of aromatic nitrogens is 2. The van der Waals surface area contributed by atoms with E-state index in [4.69, 9.17) is 9.52 Å². The van der Waals surface area contributed by atoms with Crippen molar-refractivity contribution in [2.75, 3.05) is 13.2 Å². The van der Waals surface area contributed by atoms with Crippen LogP contribution in [0.25, 0.3) is 11.5 Å². The molecule has 0 saturated heterocycles. The molecule has 1 heterocycles. The summed E-state index contributed by atoms with van der Waals surface area (Å²) in [6.07, 6.45) is 3.08. The van der Waals surface area contributed by atoms with Gasteiger partial charge in [0.05, 0.1) is 6.54 Å². The van der Waals surface area contributed by atoms with E-state index in [1.807, 2.05) is 30.3 Å². The van der Waals surface area contributed by atoms with Crippen LogP contribution < -0.4 is 5.32 Å². The largest absolute Gasteiger partial charge is 0.419 e. The highest BCUT2D eigenvalue weighted by Gasteiger charge is 2.10. The first kappa shape index (κ1) is 15.7. The van der Waals surface area contributed by atoms with E-state index in [1.54, 1.807) is 0 Å². The Morgan fingerprint density at radius 2 is 2.00 bits per heavy atom. The van der Waals surface area contributed by atoms with Crippen LogP contribution in [0.4, 0.5) is 0 Å². The second kappa shape index (κ2) is 8.54. The molecule has 1 aromatic heterocycles. The molecule has 2 rings (SSSR count). The van der Waals surface area contributed by atoms with Crippen LogP contribution in [-0.2, 0) is 6.54 Å². The predicted molar refractivity (Wildman–Crippen MR) is 81.5 cm³/mol. The summed E-state index contributed by atoms with van der Waals surface area (Å²) < 4.78 is 5.64. The summed E-state index contributed by atoms with van der Waals surface area (Å²) in [5.74, 6) is 1.64. The Kier molecular flexibility index (Phi) is 6.37. The SMILES string of the molecule is CCCC(CCO)CNCc1nnc(-c2ccccc2)o1. The van der Waals surface area contributed by atoms with Crippen LogP contribution >= 0.6 is 0 Å². The maximum atomic E-state index is 9.04. The topological polar surface area (TPSA) is 71.2 Å². The van der Waals surface area contributed by atoms with Crippen molar-refractivity contribution in [2.24, 2.45) is 5.92 Å². The Labute approximate surface area is 125 Å². The number of aliphatic hydroxyl groups excluding tert-OH is 1. The van der Waals surface area contributed by atoms with E-state index in [-0.39, 0.29) is 6.61 Å². The molecule has 0 bridgehead atoms. The lowest BCUT2D eigenvalue weighted by Crippen LogP contribution is -2.23. The molecule has 5 heteroatoms. The van der Waals surface area contributed by atoms with Gasteiger partial charge in [-0.25, -0.2) is 0 Å². The van der Waals surface area contributed by atoms with Gasteiger partial charge in [-0.15, -0.1) is 10.2 Å². The molecule has 1 aromatic carbocycles. The van der Waals surface area contributed by atoms with E-state index < -0.39 is 0 Å². The fourth-order valence-electron chi connectivity index (χ4n) is 2.34. The lowest BCUT2D eigenvalue weighted by Gasteiger charge is -2.14. The maximum Gasteiger partial charge on any atom is 0.247 e. The normalized spacial score (nSPS) is 12.5. The standard InChI is InChI=1S/C16H23N3O2/c1-2-6-13(9-10-20)11-17-12-15-18-19-16(21-15)14-7-4-3-5-8-14/h3-5,7-8,13,17,20H,2,6,9-12H2,1H3. The zero-order valence-corrected chi connectivity index (χ0v) is 12.5. The fraction of sp³-hybridized carbons (Fsp3) is 0.500. The molecule has 0 aliphatic carbocycles. The van der Waals surface area contributed by atoms with Crippen molar-refractivity contribution in [3.8, 4) is 11.5 Å². The third-order valence-electron chi connectivity index (χ3n) is 3.43. The van der Waals surface area contributed by atoms with Crippen LogP contribution in [0, 0.1) is 5.92 Å². The molecule has 114 valence electrons. The Balaban J connectivity index is 1.83. The highest BCUT2D eigenvalue weighted by Crippen LogP contribution is 2.17. The van der Waals surface area contributed by atoms with Gasteiger partial charge in [0, 0.05) is 12.2 Å². The minimum absolute atomic E-state index is 0.241. The van der Waals surface area contributed by atoms with E-state index in [0.29, 0.717) is 24.2 Å². The van der Waals surface area contributed by atoms with Crippen molar-refractivity contribution >= 4 is 0 Å². The van der Waals surface area contributed by atoms with E-state index in [2.05, 4.69) is 22.4 Å². The van der Waals surface area contributed by atoms with Crippen molar-refractivity contribution in [3.63, 3.8) is 0 Å². The number of rotatable bonds is 9. The van der Waals surface area contributed by atoms with Gasteiger partial charge < -0.3 is 14.8 Å². The average Bonchev–Trinajstić information content (AvgIpc) is 2.97. The molecule has 0 radical (unpaired) electrons. The molecule has 0 aliphatic heterocycles. The summed E-state index contributed by atoms with van der Waals surface area (Å²) in [6.45, 7) is 3.82. The van der Waals surface area contributed by atoms with Crippen molar-refractivity contribution in [2.45, 2.75) is 32.7 Å². The molecule has 1 unspecified atom stereocenters. The molecular weight excluding hydrogens is 266 g/mol. The van der Waals surface area contributed by atoms with Crippen LogP contribution in [0.1, 0.15) is 32.1 Å². The number of aliphatic hydroxyl groups is 1. The van der Waals surface area contributed by atoms with Crippen molar-refractivity contribution in [1.29, 1.82) is 0 Å². The first-order valence-corrected chi connectivity index (χ1v) is 7.52. The second-order valence-corrected chi connectivity index (χ2v) is 5.16. The van der Waals surface area contributed by atoms with Crippen molar-refractivity contribution in [1.82, 2.24) is 15.5 Å². The molecule has 0 fully saturated rings. The van der Waals surface area contributed by atoms with Crippen LogP contribution in [0.15, 0.2) is 34.7 Å². The summed E-state index contributed by atoms with van der Waals surface area (Å²) in [5.41, 5.74) is 0.931. The maximum absolute atomic E-state index is 9.04. The summed E-state index contributed by atoms with van der Waals surface area (Å²) in [4.78, 5) is 0. The van der Waals surface area contributed by atoms with Crippen LogP contribution in [0.2, 0.25) is 0 Å². The van der Waals surface area contributed by atoms with Crippen molar-refractivity contribution < 1.29 is 9.52 Å². The van der Waals surface area contributed by atoms with Gasteiger partial charge in [-0.3, -0.25) is 0 Å². The molecule has 0 aliphatic rings. The first-order chi connectivity index (χ1) is 10.3. The quantitative estimate of drug-likeness (QED) is 0.742. The number of nitrogens with zero attached hydrogens (tertiary/aromatic N) is 2. The smallest absolute Gasteiger partial charge is 0.247 e. The molecular formula is C16H23N3O2. The van der Waals surface area contributed by atoms with Gasteiger partial charge in [-0.05, 0) is 37.4 Å². The Morgan fingerprint density at radius 1 is 1.19 bits per heavy atom. The fourth-order valence-corrected chi connectivity index (χ4v) is 2.34. The van der Waals surface area contributed by atoms with E-state index in [9.17, 15) is 0 Å². The summed E-state index contributed by atoms with van der Waals surface area (Å²) in [7, 11) is 0. The summed E-state index contributed by atoms with van der Waals surface area (Å²) in [5, 5.41) is 20.5. The highest BCUT2D eigenvalue weighted by molar-refractivity contribution is 5.51. The molecule has 1 atom stereocenters. The number of hydrogen-bond acceptors (Lipinski definition) is 5. The van der Waals surface area contributed by atoms with E-state index >= 15 is 0 Å². The lowest BCUT2D eigenvalue weighted by atomic mass is 10.0. The zero-order valence-electron chi connectivity index (χ0n) is 12.5. The lowest BCUT2D eigenvalue weighted by molar-refractivity contribution is 0.247. The van der Waals surface area contributed by atoms with Gasteiger partial charge in [0.1, 0.15) is 0 Å². The van der Waals surface area contributed by atoms with Crippen LogP contribution in [0.5, 0.6) is 0 Å². The molecule has 0 spiro atoms. The zero-order chi connectivity index (χ0) is 14.9. The second-order valence-electron chi connectivity index (χ2n) is 5.16. The molecule has 0 amide bonds. The third-order valence-corrected chi connectivity index (χ3v) is 3.43. The minimum Gasteiger partial charge on any atom is -0.419 e. The predicted octanol–water partition coefficient (Wildman–Crippen LogP) is 2.62. The number of nitrogens with one attached hydrogen (secondary N) is 1. The van der Waals surface area contributed by atoms with Gasteiger partial charge in [0.15, 0.2) is 0 Å². The first-order valence-electron chi connectivity index (χ1n) is 7.52. The van der Waals surface area contributed by atoms with Gasteiger partial charge in [-0.1, -0.05) is 31.5 Å². The van der Waals surface area contributed by atoms with Gasteiger partial charge in [0.2, 0.25) is 11.8 Å². The van der Waals surface area contributed by atoms with Crippen LogP contribution in [-0.4, -0.2) is 28.5 Å². The van der Waals surface area contributed by atoms with Gasteiger partial charge in [0.25, 0.3) is 0 Å². The van der Waals surface area contributed by atoms with Gasteiger partial charge >= 0.3 is 0 Å². The van der Waals surface area contributed by atoms with E-state index in [1.165, 1.54) is 0 Å². The number of hydrogen-bond donors (Lipinski definition) is 2. The number of benzene rings is 1. The molecule has 2 N–H and O–H groups in total. The Morgan fingerprint density at radius 3 is 2.71 bits per heavy atom. The minimum atomic E-state index is 0.241. The molecule has 21 heavy (non-hydrogen) atoms.